The molecule has 0 unspecified atom stereocenters. The average Bonchev–Trinajstić information content (AvgIpc) is 2.82. The van der Waals surface area contributed by atoms with E-state index >= 15 is 0 Å². The standard InChI is InChI=1S/C24H24Cl2N2O5S/c1-32-20-8-10-21(11-9-20)33-14-13-27-24(29)18-5-3-17(4-6-18)16-28(34(2,30)31)23-15-19(25)7-12-22(23)26/h3-12,15H,13-14,16H2,1-2H3,(H,27,29). The third-order valence-corrected chi connectivity index (χ3v) is 6.52. The van der Waals surface area contributed by atoms with Crippen LogP contribution in [0.25, 0.3) is 0 Å². The van der Waals surface area contributed by atoms with Gasteiger partial charge in [-0.1, -0.05) is 35.3 Å². The van der Waals surface area contributed by atoms with Crippen molar-refractivity contribution >= 4 is 44.8 Å². The second kappa shape index (κ2) is 11.5. The number of anilines is 1. The van der Waals surface area contributed by atoms with Crippen LogP contribution in [0.4, 0.5) is 5.69 Å². The Kier molecular flexibility index (Phi) is 8.66. The zero-order chi connectivity index (χ0) is 24.7. The fourth-order valence-electron chi connectivity index (χ4n) is 3.09. The van der Waals surface area contributed by atoms with Crippen molar-refractivity contribution in [2.45, 2.75) is 6.54 Å². The summed E-state index contributed by atoms with van der Waals surface area (Å²) in [6.07, 6.45) is 1.10. The average molecular weight is 523 g/mol. The molecule has 0 radical (unpaired) electrons. The molecule has 180 valence electrons. The summed E-state index contributed by atoms with van der Waals surface area (Å²) in [6, 6.07) is 18.4. The molecule has 34 heavy (non-hydrogen) atoms. The van der Waals surface area contributed by atoms with Crippen molar-refractivity contribution in [1.82, 2.24) is 5.32 Å². The Morgan fingerprint density at radius 3 is 2.24 bits per heavy atom. The van der Waals surface area contributed by atoms with E-state index in [1.54, 1.807) is 67.8 Å². The number of hydrogen-bond donors (Lipinski definition) is 1. The van der Waals surface area contributed by atoms with Crippen LogP contribution in [-0.4, -0.2) is 40.8 Å². The van der Waals surface area contributed by atoms with Crippen molar-refractivity contribution in [2.24, 2.45) is 0 Å². The lowest BCUT2D eigenvalue weighted by molar-refractivity contribution is 0.0947. The first kappa shape index (κ1) is 25.7. The van der Waals surface area contributed by atoms with Crippen molar-refractivity contribution < 1.29 is 22.7 Å². The molecular formula is C24H24Cl2N2O5S. The number of hydrogen-bond acceptors (Lipinski definition) is 5. The Bertz CT molecular complexity index is 1230. The van der Waals surface area contributed by atoms with Gasteiger partial charge < -0.3 is 14.8 Å². The molecule has 0 aromatic heterocycles. The van der Waals surface area contributed by atoms with E-state index in [0.29, 0.717) is 35.1 Å². The van der Waals surface area contributed by atoms with Crippen LogP contribution in [0.2, 0.25) is 10.0 Å². The zero-order valence-electron chi connectivity index (χ0n) is 18.6. The molecule has 0 saturated heterocycles. The van der Waals surface area contributed by atoms with Gasteiger partial charge in [0.1, 0.15) is 18.1 Å². The van der Waals surface area contributed by atoms with Crippen molar-refractivity contribution in [3.8, 4) is 11.5 Å². The molecule has 0 spiro atoms. The largest absolute Gasteiger partial charge is 0.497 e. The molecule has 7 nitrogen and oxygen atoms in total. The summed E-state index contributed by atoms with van der Waals surface area (Å²) in [5, 5.41) is 3.43. The minimum absolute atomic E-state index is 0.0382. The van der Waals surface area contributed by atoms with Gasteiger partial charge in [-0.2, -0.15) is 0 Å². The van der Waals surface area contributed by atoms with Crippen LogP contribution < -0.4 is 19.1 Å². The molecule has 1 N–H and O–H groups in total. The summed E-state index contributed by atoms with van der Waals surface area (Å²) in [5.74, 6) is 1.15. The summed E-state index contributed by atoms with van der Waals surface area (Å²) < 4.78 is 36.7. The molecule has 3 rings (SSSR count). The molecule has 0 atom stereocenters. The van der Waals surface area contributed by atoms with Gasteiger partial charge in [0, 0.05) is 10.6 Å². The van der Waals surface area contributed by atoms with Crippen LogP contribution in [0.15, 0.2) is 66.7 Å². The normalized spacial score (nSPS) is 11.1. The van der Waals surface area contributed by atoms with Crippen molar-refractivity contribution in [3.05, 3.63) is 87.9 Å². The second-order valence-electron chi connectivity index (χ2n) is 7.34. The van der Waals surface area contributed by atoms with Gasteiger partial charge in [-0.05, 0) is 60.2 Å². The SMILES string of the molecule is COc1ccc(OCCNC(=O)c2ccc(CN(c3cc(Cl)ccc3Cl)S(C)(=O)=O)cc2)cc1. The molecule has 0 aliphatic heterocycles. The minimum atomic E-state index is -3.63. The molecule has 0 heterocycles. The third kappa shape index (κ3) is 7.03. The number of nitrogens with one attached hydrogen (secondary N) is 1. The van der Waals surface area contributed by atoms with Gasteiger partial charge in [0.2, 0.25) is 10.0 Å². The first-order valence-corrected chi connectivity index (χ1v) is 12.8. The van der Waals surface area contributed by atoms with E-state index in [1.165, 1.54) is 10.4 Å². The lowest BCUT2D eigenvalue weighted by atomic mass is 10.1. The Labute approximate surface area is 209 Å². The number of rotatable bonds is 10. The van der Waals surface area contributed by atoms with E-state index in [2.05, 4.69) is 5.32 Å². The molecule has 10 heteroatoms. The number of methoxy groups -OCH3 is 1. The molecule has 0 aliphatic rings. The Balaban J connectivity index is 1.58. The molecule has 1 amide bonds. The highest BCUT2D eigenvalue weighted by Crippen LogP contribution is 2.31. The van der Waals surface area contributed by atoms with Gasteiger partial charge in [0.25, 0.3) is 5.91 Å². The van der Waals surface area contributed by atoms with E-state index in [1.807, 2.05) is 0 Å². The topological polar surface area (TPSA) is 84.9 Å². The van der Waals surface area contributed by atoms with E-state index < -0.39 is 10.0 Å². The molecule has 0 saturated carbocycles. The van der Waals surface area contributed by atoms with Crippen LogP contribution in [0, 0.1) is 0 Å². The molecule has 3 aromatic rings. The predicted octanol–water partition coefficient (Wildman–Crippen LogP) is 4.78. The van der Waals surface area contributed by atoms with Crippen molar-refractivity contribution in [1.29, 1.82) is 0 Å². The maximum atomic E-state index is 12.4. The van der Waals surface area contributed by atoms with Crippen LogP contribution in [0.3, 0.4) is 0 Å². The monoisotopic (exact) mass is 522 g/mol. The number of nitrogens with zero attached hydrogens (tertiary/aromatic N) is 1. The summed E-state index contributed by atoms with van der Waals surface area (Å²) in [5.41, 5.74) is 1.41. The highest BCUT2D eigenvalue weighted by atomic mass is 35.5. The summed E-state index contributed by atoms with van der Waals surface area (Å²) in [7, 11) is -2.04. The van der Waals surface area contributed by atoms with Gasteiger partial charge in [-0.25, -0.2) is 8.42 Å². The Morgan fingerprint density at radius 2 is 1.62 bits per heavy atom. The number of ether oxygens (including phenoxy) is 2. The van der Waals surface area contributed by atoms with Crippen LogP contribution >= 0.6 is 23.2 Å². The quantitative estimate of drug-likeness (QED) is 0.387. The van der Waals surface area contributed by atoms with Gasteiger partial charge in [0.15, 0.2) is 0 Å². The fourth-order valence-corrected chi connectivity index (χ4v) is 4.42. The summed E-state index contributed by atoms with van der Waals surface area (Å²) in [4.78, 5) is 12.4. The molecule has 0 fully saturated rings. The highest BCUT2D eigenvalue weighted by Gasteiger charge is 2.21. The van der Waals surface area contributed by atoms with E-state index in [0.717, 1.165) is 12.0 Å². The van der Waals surface area contributed by atoms with Crippen LogP contribution in [-0.2, 0) is 16.6 Å². The number of benzene rings is 3. The first-order valence-electron chi connectivity index (χ1n) is 10.2. The predicted molar refractivity (Wildman–Crippen MR) is 135 cm³/mol. The summed E-state index contributed by atoms with van der Waals surface area (Å²) >= 11 is 12.2. The van der Waals surface area contributed by atoms with E-state index in [9.17, 15) is 13.2 Å². The molecule has 0 aliphatic carbocycles. The van der Waals surface area contributed by atoms with E-state index in [-0.39, 0.29) is 23.2 Å². The van der Waals surface area contributed by atoms with Gasteiger partial charge in [0.05, 0.1) is 37.2 Å². The van der Waals surface area contributed by atoms with Gasteiger partial charge >= 0.3 is 0 Å². The Hall–Kier alpha value is -2.94. The summed E-state index contributed by atoms with van der Waals surface area (Å²) in [6.45, 7) is 0.665. The second-order valence-corrected chi connectivity index (χ2v) is 10.1. The highest BCUT2D eigenvalue weighted by molar-refractivity contribution is 7.92. The van der Waals surface area contributed by atoms with Gasteiger partial charge in [-0.15, -0.1) is 0 Å². The maximum absolute atomic E-state index is 12.4. The van der Waals surface area contributed by atoms with Crippen molar-refractivity contribution in [3.63, 3.8) is 0 Å². The fraction of sp³-hybridized carbons (Fsp3) is 0.208. The lowest BCUT2D eigenvalue weighted by Gasteiger charge is -2.24. The first-order chi connectivity index (χ1) is 16.2. The zero-order valence-corrected chi connectivity index (χ0v) is 21.0. The van der Waals surface area contributed by atoms with Gasteiger partial charge in [-0.3, -0.25) is 9.10 Å². The number of carbonyl (C=O) groups excluding carboxylic acids is 1. The number of halogens is 2. The smallest absolute Gasteiger partial charge is 0.251 e. The molecular weight excluding hydrogens is 499 g/mol. The van der Waals surface area contributed by atoms with E-state index in [4.69, 9.17) is 32.7 Å². The van der Waals surface area contributed by atoms with Crippen molar-refractivity contribution in [2.75, 3.05) is 30.8 Å². The third-order valence-electron chi connectivity index (χ3n) is 4.84. The van der Waals surface area contributed by atoms with Crippen LogP contribution in [0.5, 0.6) is 11.5 Å². The Morgan fingerprint density at radius 1 is 0.971 bits per heavy atom. The number of carbonyl (C=O) groups is 1. The number of amides is 1. The molecule has 3 aromatic carbocycles. The minimum Gasteiger partial charge on any atom is -0.497 e. The van der Waals surface area contributed by atoms with Crippen LogP contribution in [0.1, 0.15) is 15.9 Å². The maximum Gasteiger partial charge on any atom is 0.251 e. The lowest BCUT2D eigenvalue weighted by Crippen LogP contribution is -2.30. The molecule has 0 bridgehead atoms. The number of sulfonamides is 1.